The molecule has 0 spiro atoms. The Kier molecular flexibility index (Phi) is 3.21. The molecular weight excluding hydrogens is 222 g/mol. The molecule has 2 rings (SSSR count). The average molecular weight is 233 g/mol. The summed E-state index contributed by atoms with van der Waals surface area (Å²) >= 11 is 0. The van der Waals surface area contributed by atoms with E-state index in [0.29, 0.717) is 17.5 Å². The van der Waals surface area contributed by atoms with Crippen LogP contribution in [0, 0.1) is 18.3 Å². The fraction of sp³-hybridized carbons (Fsp3) is 0.364. The Morgan fingerprint density at radius 1 is 1.59 bits per heavy atom. The zero-order valence-electron chi connectivity index (χ0n) is 9.25. The van der Waals surface area contributed by atoms with Crippen molar-refractivity contribution in [3.63, 3.8) is 0 Å². The Morgan fingerprint density at radius 3 is 3.06 bits per heavy atom. The van der Waals surface area contributed by atoms with Gasteiger partial charge >= 0.3 is 0 Å². The first-order chi connectivity index (χ1) is 8.20. The van der Waals surface area contributed by atoms with Crippen molar-refractivity contribution in [2.45, 2.75) is 25.9 Å². The highest BCUT2D eigenvalue weighted by molar-refractivity contribution is 5.56. The van der Waals surface area contributed by atoms with E-state index in [9.17, 15) is 5.11 Å². The SMILES string of the molecule is Cc1occc1-c1noc(CC(O)CC#N)n1. The molecule has 2 aromatic heterocycles. The molecule has 0 saturated carbocycles. The summed E-state index contributed by atoms with van der Waals surface area (Å²) in [5.41, 5.74) is 0.759. The van der Waals surface area contributed by atoms with Gasteiger partial charge in [-0.05, 0) is 13.0 Å². The zero-order valence-corrected chi connectivity index (χ0v) is 9.25. The first-order valence-electron chi connectivity index (χ1n) is 5.12. The predicted molar refractivity (Wildman–Crippen MR) is 56.7 cm³/mol. The summed E-state index contributed by atoms with van der Waals surface area (Å²) in [4.78, 5) is 4.13. The first kappa shape index (κ1) is 11.4. The van der Waals surface area contributed by atoms with Crippen molar-refractivity contribution in [3.05, 3.63) is 24.0 Å². The number of hydrogen-bond acceptors (Lipinski definition) is 6. The maximum Gasteiger partial charge on any atom is 0.229 e. The van der Waals surface area contributed by atoms with Crippen LogP contribution in [0.3, 0.4) is 0 Å². The van der Waals surface area contributed by atoms with Crippen LogP contribution in [0.2, 0.25) is 0 Å². The van der Waals surface area contributed by atoms with Crippen molar-refractivity contribution in [1.29, 1.82) is 5.26 Å². The van der Waals surface area contributed by atoms with Crippen LogP contribution in [-0.2, 0) is 6.42 Å². The van der Waals surface area contributed by atoms with E-state index in [-0.39, 0.29) is 12.8 Å². The van der Waals surface area contributed by atoms with E-state index in [1.807, 2.05) is 6.07 Å². The van der Waals surface area contributed by atoms with E-state index in [0.717, 1.165) is 5.56 Å². The lowest BCUT2D eigenvalue weighted by Crippen LogP contribution is -2.09. The molecule has 17 heavy (non-hydrogen) atoms. The second kappa shape index (κ2) is 4.80. The topological polar surface area (TPSA) is 96.1 Å². The molecule has 2 aromatic rings. The minimum atomic E-state index is -0.779. The number of aromatic nitrogens is 2. The largest absolute Gasteiger partial charge is 0.469 e. The van der Waals surface area contributed by atoms with E-state index in [4.69, 9.17) is 14.2 Å². The van der Waals surface area contributed by atoms with Gasteiger partial charge in [-0.2, -0.15) is 10.2 Å². The van der Waals surface area contributed by atoms with E-state index < -0.39 is 6.10 Å². The van der Waals surface area contributed by atoms with Crippen molar-refractivity contribution < 1.29 is 14.0 Å². The Morgan fingerprint density at radius 2 is 2.41 bits per heavy atom. The summed E-state index contributed by atoms with van der Waals surface area (Å²) in [6, 6.07) is 3.62. The van der Waals surface area contributed by atoms with Crippen LogP contribution in [0.4, 0.5) is 0 Å². The smallest absolute Gasteiger partial charge is 0.229 e. The molecule has 0 saturated heterocycles. The number of furan rings is 1. The van der Waals surface area contributed by atoms with Gasteiger partial charge in [0.05, 0.1) is 36.8 Å². The van der Waals surface area contributed by atoms with Gasteiger partial charge in [-0.15, -0.1) is 0 Å². The second-order valence-corrected chi connectivity index (χ2v) is 3.62. The van der Waals surface area contributed by atoms with Crippen LogP contribution in [0.1, 0.15) is 18.1 Å². The third-order valence-electron chi connectivity index (χ3n) is 2.30. The van der Waals surface area contributed by atoms with Gasteiger partial charge in [0.1, 0.15) is 5.76 Å². The third-order valence-corrected chi connectivity index (χ3v) is 2.30. The molecule has 0 bridgehead atoms. The molecule has 0 aliphatic heterocycles. The van der Waals surface area contributed by atoms with Gasteiger partial charge in [0, 0.05) is 0 Å². The van der Waals surface area contributed by atoms with Crippen molar-refractivity contribution in [2.24, 2.45) is 0 Å². The molecule has 6 heteroatoms. The Labute approximate surface area is 97.5 Å². The second-order valence-electron chi connectivity index (χ2n) is 3.62. The predicted octanol–water partition coefficient (Wildman–Crippen LogP) is 1.46. The molecular formula is C11H11N3O3. The van der Waals surface area contributed by atoms with Gasteiger partial charge < -0.3 is 14.0 Å². The minimum Gasteiger partial charge on any atom is -0.469 e. The fourth-order valence-corrected chi connectivity index (χ4v) is 1.44. The van der Waals surface area contributed by atoms with Gasteiger partial charge in [-0.1, -0.05) is 5.16 Å². The molecule has 2 heterocycles. The van der Waals surface area contributed by atoms with Crippen LogP contribution < -0.4 is 0 Å². The van der Waals surface area contributed by atoms with Gasteiger partial charge in [0.2, 0.25) is 11.7 Å². The molecule has 1 N–H and O–H groups in total. The number of nitriles is 1. The highest BCUT2D eigenvalue weighted by Gasteiger charge is 2.15. The lowest BCUT2D eigenvalue weighted by molar-refractivity contribution is 0.167. The first-order valence-corrected chi connectivity index (χ1v) is 5.12. The maximum atomic E-state index is 9.43. The van der Waals surface area contributed by atoms with Crippen LogP contribution in [0.5, 0.6) is 0 Å². The Bertz CT molecular complexity index is 538. The lowest BCUT2D eigenvalue weighted by atomic mass is 10.2. The molecule has 0 aromatic carbocycles. The monoisotopic (exact) mass is 233 g/mol. The lowest BCUT2D eigenvalue weighted by Gasteiger charge is -1.99. The van der Waals surface area contributed by atoms with Crippen LogP contribution in [-0.4, -0.2) is 21.4 Å². The summed E-state index contributed by atoms with van der Waals surface area (Å²) < 4.78 is 10.1. The third kappa shape index (κ3) is 2.52. The van der Waals surface area contributed by atoms with E-state index in [1.54, 1.807) is 19.3 Å². The Hall–Kier alpha value is -2.13. The number of aliphatic hydroxyl groups excluding tert-OH is 1. The minimum absolute atomic E-state index is 0.0441. The molecule has 88 valence electrons. The average Bonchev–Trinajstić information content (AvgIpc) is 2.87. The van der Waals surface area contributed by atoms with Crippen LogP contribution in [0.25, 0.3) is 11.4 Å². The summed E-state index contributed by atoms with van der Waals surface area (Å²) in [5, 5.41) is 21.6. The summed E-state index contributed by atoms with van der Waals surface area (Å²) in [5.74, 6) is 1.44. The van der Waals surface area contributed by atoms with Crippen LogP contribution in [0.15, 0.2) is 21.3 Å². The van der Waals surface area contributed by atoms with E-state index in [1.165, 1.54) is 0 Å². The zero-order chi connectivity index (χ0) is 12.3. The molecule has 0 aliphatic carbocycles. The summed E-state index contributed by atoms with van der Waals surface area (Å²) in [7, 11) is 0. The number of nitrogens with zero attached hydrogens (tertiary/aromatic N) is 3. The number of aryl methyl sites for hydroxylation is 1. The number of hydrogen-bond donors (Lipinski definition) is 1. The molecule has 1 atom stereocenters. The van der Waals surface area contributed by atoms with Crippen LogP contribution >= 0.6 is 0 Å². The maximum absolute atomic E-state index is 9.43. The van der Waals surface area contributed by atoms with Gasteiger partial charge in [0.25, 0.3) is 0 Å². The highest BCUT2D eigenvalue weighted by Crippen LogP contribution is 2.21. The van der Waals surface area contributed by atoms with Crippen molar-refractivity contribution in [2.75, 3.05) is 0 Å². The number of rotatable bonds is 4. The quantitative estimate of drug-likeness (QED) is 0.858. The van der Waals surface area contributed by atoms with Crippen molar-refractivity contribution >= 4 is 0 Å². The molecule has 0 radical (unpaired) electrons. The molecule has 1 unspecified atom stereocenters. The highest BCUT2D eigenvalue weighted by atomic mass is 16.5. The van der Waals surface area contributed by atoms with Crippen molar-refractivity contribution in [3.8, 4) is 17.5 Å². The van der Waals surface area contributed by atoms with Gasteiger partial charge in [-0.25, -0.2) is 0 Å². The molecule has 6 nitrogen and oxygen atoms in total. The molecule has 0 amide bonds. The normalized spacial score (nSPS) is 12.3. The van der Waals surface area contributed by atoms with Gasteiger partial charge in [0.15, 0.2) is 0 Å². The van der Waals surface area contributed by atoms with E-state index >= 15 is 0 Å². The number of aliphatic hydroxyl groups is 1. The Balaban J connectivity index is 2.12. The van der Waals surface area contributed by atoms with Gasteiger partial charge in [-0.3, -0.25) is 0 Å². The molecule has 0 aliphatic rings. The van der Waals surface area contributed by atoms with Crippen molar-refractivity contribution in [1.82, 2.24) is 10.1 Å². The fourth-order valence-electron chi connectivity index (χ4n) is 1.44. The summed E-state index contributed by atoms with van der Waals surface area (Å²) in [6.45, 7) is 1.80. The summed E-state index contributed by atoms with van der Waals surface area (Å²) in [6.07, 6.45) is 0.990. The molecule has 0 fully saturated rings. The standard InChI is InChI=1S/C11H11N3O3/c1-7-9(3-5-16-7)11-13-10(17-14-11)6-8(15)2-4-12/h3,5,8,15H,2,6H2,1H3. The van der Waals surface area contributed by atoms with E-state index in [2.05, 4.69) is 10.1 Å².